The second-order valence-electron chi connectivity index (χ2n) is 4.20. The molecule has 0 aliphatic heterocycles. The van der Waals surface area contributed by atoms with Crippen LogP contribution in [0, 0.1) is 11.7 Å². The summed E-state index contributed by atoms with van der Waals surface area (Å²) in [4.78, 5) is 0. The molecule has 0 saturated heterocycles. The van der Waals surface area contributed by atoms with Crippen molar-refractivity contribution in [1.29, 1.82) is 0 Å². The Kier molecular flexibility index (Phi) is 2.31. The molecule has 1 aromatic rings. The summed E-state index contributed by atoms with van der Waals surface area (Å²) in [5.41, 5.74) is -0.476. The van der Waals surface area contributed by atoms with E-state index in [2.05, 4.69) is 0 Å². The Balaban J connectivity index is 2.43. The first-order valence-electron chi connectivity index (χ1n) is 5.12. The summed E-state index contributed by atoms with van der Waals surface area (Å²) in [5, 5.41) is 10.4. The minimum atomic E-state index is -0.939. The van der Waals surface area contributed by atoms with Gasteiger partial charge in [-0.25, -0.2) is 4.39 Å². The van der Waals surface area contributed by atoms with Gasteiger partial charge in [0.05, 0.1) is 5.60 Å². The second kappa shape index (κ2) is 3.35. The number of benzene rings is 1. The molecule has 0 unspecified atom stereocenters. The van der Waals surface area contributed by atoms with E-state index in [9.17, 15) is 9.50 Å². The molecule has 2 rings (SSSR count). The highest BCUT2D eigenvalue weighted by Crippen LogP contribution is 2.43. The highest BCUT2D eigenvalue weighted by atomic mass is 19.1. The fourth-order valence-corrected chi connectivity index (χ4v) is 2.38. The lowest BCUT2D eigenvalue weighted by Gasteiger charge is -2.28. The van der Waals surface area contributed by atoms with E-state index in [0.29, 0.717) is 12.0 Å². The van der Waals surface area contributed by atoms with Gasteiger partial charge in [0.1, 0.15) is 5.82 Å². The molecule has 2 atom stereocenters. The van der Waals surface area contributed by atoms with Crippen molar-refractivity contribution in [1.82, 2.24) is 0 Å². The summed E-state index contributed by atoms with van der Waals surface area (Å²) >= 11 is 0. The zero-order valence-electron chi connectivity index (χ0n) is 8.33. The molecule has 14 heavy (non-hydrogen) atoms. The lowest BCUT2D eigenvalue weighted by Crippen LogP contribution is -2.29. The molecule has 1 aliphatic rings. The Bertz CT molecular complexity index is 337. The topological polar surface area (TPSA) is 20.2 Å². The van der Waals surface area contributed by atoms with Crippen molar-refractivity contribution in [3.63, 3.8) is 0 Å². The zero-order valence-corrected chi connectivity index (χ0v) is 8.33. The molecule has 0 spiro atoms. The average Bonchev–Trinajstić information content (AvgIpc) is 2.49. The minimum Gasteiger partial charge on any atom is -0.385 e. The van der Waals surface area contributed by atoms with Crippen molar-refractivity contribution in [2.24, 2.45) is 5.92 Å². The van der Waals surface area contributed by atoms with Crippen molar-refractivity contribution in [2.45, 2.75) is 31.8 Å². The Morgan fingerprint density at radius 2 is 2.14 bits per heavy atom. The predicted molar refractivity (Wildman–Crippen MR) is 53.3 cm³/mol. The van der Waals surface area contributed by atoms with Crippen LogP contribution < -0.4 is 0 Å². The normalized spacial score (nSPS) is 32.1. The third kappa shape index (κ3) is 1.34. The summed E-state index contributed by atoms with van der Waals surface area (Å²) in [6, 6.07) is 6.54. The molecule has 1 saturated carbocycles. The summed E-state index contributed by atoms with van der Waals surface area (Å²) in [6.45, 7) is 1.99. The molecule has 1 fully saturated rings. The van der Waals surface area contributed by atoms with Crippen molar-refractivity contribution >= 4 is 0 Å². The van der Waals surface area contributed by atoms with Crippen molar-refractivity contribution < 1.29 is 9.50 Å². The maximum absolute atomic E-state index is 13.5. The van der Waals surface area contributed by atoms with E-state index in [1.54, 1.807) is 18.2 Å². The van der Waals surface area contributed by atoms with Crippen molar-refractivity contribution in [3.8, 4) is 0 Å². The van der Waals surface area contributed by atoms with Crippen LogP contribution in [0.5, 0.6) is 0 Å². The predicted octanol–water partition coefficient (Wildman–Crippen LogP) is 2.83. The molecule has 76 valence electrons. The quantitative estimate of drug-likeness (QED) is 0.728. The van der Waals surface area contributed by atoms with Crippen LogP contribution in [-0.2, 0) is 5.60 Å². The van der Waals surface area contributed by atoms with Gasteiger partial charge in [-0.3, -0.25) is 0 Å². The Hall–Kier alpha value is -0.890. The monoisotopic (exact) mass is 194 g/mol. The van der Waals surface area contributed by atoms with E-state index in [4.69, 9.17) is 0 Å². The molecule has 1 aliphatic carbocycles. The number of halogens is 1. The van der Waals surface area contributed by atoms with Gasteiger partial charge in [-0.05, 0) is 31.2 Å². The molecular weight excluding hydrogens is 179 g/mol. The van der Waals surface area contributed by atoms with Crippen LogP contribution in [0.25, 0.3) is 0 Å². The van der Waals surface area contributed by atoms with Gasteiger partial charge in [0, 0.05) is 5.56 Å². The zero-order chi connectivity index (χ0) is 10.2. The average molecular weight is 194 g/mol. The van der Waals surface area contributed by atoms with Gasteiger partial charge in [0.15, 0.2) is 0 Å². The maximum atomic E-state index is 13.5. The van der Waals surface area contributed by atoms with E-state index >= 15 is 0 Å². The standard InChI is InChI=1S/C12H15FO/c1-9-5-4-8-12(9,14)10-6-2-3-7-11(10)13/h2-3,6-7,9,14H,4-5,8H2,1H3/t9-,12+/m0/s1. The van der Waals surface area contributed by atoms with E-state index in [1.807, 2.05) is 6.92 Å². The fourth-order valence-electron chi connectivity index (χ4n) is 2.38. The first-order chi connectivity index (χ1) is 6.64. The van der Waals surface area contributed by atoms with Crippen LogP contribution >= 0.6 is 0 Å². The van der Waals surface area contributed by atoms with Crippen LogP contribution in [0.2, 0.25) is 0 Å². The van der Waals surface area contributed by atoms with Crippen molar-refractivity contribution in [3.05, 3.63) is 35.6 Å². The summed E-state index contributed by atoms with van der Waals surface area (Å²) in [7, 11) is 0. The van der Waals surface area contributed by atoms with Gasteiger partial charge in [-0.1, -0.05) is 25.1 Å². The molecule has 1 aromatic carbocycles. The Morgan fingerprint density at radius 1 is 1.43 bits per heavy atom. The first-order valence-corrected chi connectivity index (χ1v) is 5.12. The van der Waals surface area contributed by atoms with Crippen LogP contribution in [0.4, 0.5) is 4.39 Å². The molecule has 1 N–H and O–H groups in total. The minimum absolute atomic E-state index is 0.152. The van der Waals surface area contributed by atoms with Crippen LogP contribution in [-0.4, -0.2) is 5.11 Å². The van der Waals surface area contributed by atoms with Gasteiger partial charge in [0.25, 0.3) is 0 Å². The largest absolute Gasteiger partial charge is 0.385 e. The molecule has 2 heteroatoms. The summed E-state index contributed by atoms with van der Waals surface area (Å²) in [5.74, 6) is -0.136. The number of hydrogen-bond donors (Lipinski definition) is 1. The van der Waals surface area contributed by atoms with Gasteiger partial charge >= 0.3 is 0 Å². The lowest BCUT2D eigenvalue weighted by atomic mass is 9.85. The highest BCUT2D eigenvalue weighted by molar-refractivity contribution is 5.26. The number of aliphatic hydroxyl groups is 1. The molecule has 0 radical (unpaired) electrons. The van der Waals surface area contributed by atoms with Crippen LogP contribution in [0.15, 0.2) is 24.3 Å². The van der Waals surface area contributed by atoms with E-state index in [-0.39, 0.29) is 11.7 Å². The highest BCUT2D eigenvalue weighted by Gasteiger charge is 2.41. The SMILES string of the molecule is C[C@H]1CCC[C@]1(O)c1ccccc1F. The Labute approximate surface area is 83.6 Å². The molecule has 0 heterocycles. The summed E-state index contributed by atoms with van der Waals surface area (Å²) < 4.78 is 13.5. The summed E-state index contributed by atoms with van der Waals surface area (Å²) in [6.07, 6.45) is 2.63. The van der Waals surface area contributed by atoms with E-state index in [1.165, 1.54) is 6.07 Å². The first kappa shape index (κ1) is 9.66. The molecule has 1 nitrogen and oxygen atoms in total. The van der Waals surface area contributed by atoms with E-state index < -0.39 is 5.60 Å². The van der Waals surface area contributed by atoms with Crippen LogP contribution in [0.1, 0.15) is 31.7 Å². The molecular formula is C12H15FO. The molecule has 0 bridgehead atoms. The van der Waals surface area contributed by atoms with Crippen molar-refractivity contribution in [2.75, 3.05) is 0 Å². The van der Waals surface area contributed by atoms with Gasteiger partial charge in [-0.2, -0.15) is 0 Å². The number of rotatable bonds is 1. The molecule has 0 aromatic heterocycles. The fraction of sp³-hybridized carbons (Fsp3) is 0.500. The Morgan fingerprint density at radius 3 is 2.71 bits per heavy atom. The smallest absolute Gasteiger partial charge is 0.129 e. The molecule has 0 amide bonds. The lowest BCUT2D eigenvalue weighted by molar-refractivity contribution is 0.00121. The van der Waals surface area contributed by atoms with Gasteiger partial charge in [-0.15, -0.1) is 0 Å². The second-order valence-corrected chi connectivity index (χ2v) is 4.20. The third-order valence-corrected chi connectivity index (χ3v) is 3.35. The van der Waals surface area contributed by atoms with Gasteiger partial charge < -0.3 is 5.11 Å². The number of hydrogen-bond acceptors (Lipinski definition) is 1. The maximum Gasteiger partial charge on any atom is 0.129 e. The van der Waals surface area contributed by atoms with Crippen LogP contribution in [0.3, 0.4) is 0 Å². The third-order valence-electron chi connectivity index (χ3n) is 3.35. The van der Waals surface area contributed by atoms with E-state index in [0.717, 1.165) is 12.8 Å². The van der Waals surface area contributed by atoms with Gasteiger partial charge in [0.2, 0.25) is 0 Å².